The molecule has 7 heteroatoms. The number of hydrogen-bond donors (Lipinski definition) is 0. The Morgan fingerprint density at radius 1 is 1.04 bits per heavy atom. The van der Waals surface area contributed by atoms with E-state index in [1.807, 2.05) is 6.92 Å². The van der Waals surface area contributed by atoms with Gasteiger partial charge in [0.15, 0.2) is 0 Å². The van der Waals surface area contributed by atoms with Gasteiger partial charge >= 0.3 is 0 Å². The van der Waals surface area contributed by atoms with E-state index >= 15 is 0 Å². The summed E-state index contributed by atoms with van der Waals surface area (Å²) in [4.78, 5) is 34.7. The van der Waals surface area contributed by atoms with Crippen molar-refractivity contribution < 1.29 is 9.59 Å². The van der Waals surface area contributed by atoms with Crippen molar-refractivity contribution in [2.45, 2.75) is 13.5 Å². The van der Waals surface area contributed by atoms with E-state index in [9.17, 15) is 9.59 Å². The molecule has 2 aromatic rings. The largest absolute Gasteiger partial charge is 0.287 e. The number of rotatable bonds is 2. The molecule has 0 saturated heterocycles. The lowest BCUT2D eigenvalue weighted by Gasteiger charge is -2.15. The molecule has 3 heterocycles. The molecular formula is C17H15N5O2. The molecule has 0 bridgehead atoms. The summed E-state index contributed by atoms with van der Waals surface area (Å²) >= 11 is 0. The summed E-state index contributed by atoms with van der Waals surface area (Å²) in [6.45, 7) is 3.01. The maximum absolute atomic E-state index is 12.6. The quantitative estimate of drug-likeness (QED) is 0.784. The smallest absolute Gasteiger partial charge is 0.267 e. The summed E-state index contributed by atoms with van der Waals surface area (Å²) in [6.07, 6.45) is 3.35. The lowest BCUT2D eigenvalue weighted by Crippen LogP contribution is -2.38. The summed E-state index contributed by atoms with van der Waals surface area (Å²) < 4.78 is 0. The third-order valence-electron chi connectivity index (χ3n) is 4.14. The van der Waals surface area contributed by atoms with Crippen molar-refractivity contribution >= 4 is 17.6 Å². The number of carbonyl (C=O) groups is 2. The van der Waals surface area contributed by atoms with E-state index in [2.05, 4.69) is 15.1 Å². The molecule has 2 amide bonds. The fourth-order valence-corrected chi connectivity index (χ4v) is 3.02. The van der Waals surface area contributed by atoms with Gasteiger partial charge in [-0.2, -0.15) is 5.10 Å². The second kappa shape index (κ2) is 5.52. The van der Waals surface area contributed by atoms with Crippen LogP contribution in [-0.4, -0.2) is 44.1 Å². The summed E-state index contributed by atoms with van der Waals surface area (Å²) in [7, 11) is 0. The van der Waals surface area contributed by atoms with Gasteiger partial charge < -0.3 is 0 Å². The standard InChI is InChI=1S/C17H15N5O2/c1-11-9-21(10-14-18-7-4-8-19-14)20-15(11)22-16(23)12-5-2-3-6-13(12)17(22)24/h2-8,11H,9-10H2,1H3. The average molecular weight is 321 g/mol. The normalized spacial score (nSPS) is 19.7. The van der Waals surface area contributed by atoms with Crippen molar-refractivity contribution in [1.82, 2.24) is 19.9 Å². The monoisotopic (exact) mass is 321 g/mol. The van der Waals surface area contributed by atoms with Gasteiger partial charge in [0, 0.05) is 24.9 Å². The SMILES string of the molecule is CC1CN(Cc2ncccn2)N=C1N1C(=O)c2ccccc2C1=O. The Morgan fingerprint density at radius 2 is 1.67 bits per heavy atom. The van der Waals surface area contributed by atoms with Gasteiger partial charge in [-0.05, 0) is 18.2 Å². The Morgan fingerprint density at radius 3 is 2.29 bits per heavy atom. The highest BCUT2D eigenvalue weighted by Crippen LogP contribution is 2.27. The van der Waals surface area contributed by atoms with Gasteiger partial charge in [0.05, 0.1) is 17.7 Å². The summed E-state index contributed by atoms with van der Waals surface area (Å²) in [6, 6.07) is 8.61. The molecule has 1 atom stereocenters. The Bertz CT molecular complexity index is 814. The van der Waals surface area contributed by atoms with Crippen molar-refractivity contribution in [3.63, 3.8) is 0 Å². The van der Waals surface area contributed by atoms with Crippen molar-refractivity contribution in [3.05, 3.63) is 59.7 Å². The number of aromatic nitrogens is 2. The highest BCUT2D eigenvalue weighted by Gasteiger charge is 2.42. The highest BCUT2D eigenvalue weighted by molar-refractivity contribution is 6.30. The molecule has 2 aliphatic rings. The zero-order valence-electron chi connectivity index (χ0n) is 13.1. The number of amides is 2. The van der Waals surface area contributed by atoms with Crippen LogP contribution in [-0.2, 0) is 6.54 Å². The van der Waals surface area contributed by atoms with E-state index in [-0.39, 0.29) is 17.7 Å². The molecular weight excluding hydrogens is 306 g/mol. The van der Waals surface area contributed by atoms with Crippen molar-refractivity contribution in [2.24, 2.45) is 11.0 Å². The van der Waals surface area contributed by atoms with Gasteiger partial charge in [0.2, 0.25) is 0 Å². The molecule has 4 rings (SSSR count). The molecule has 0 aliphatic carbocycles. The topological polar surface area (TPSA) is 78.8 Å². The van der Waals surface area contributed by atoms with E-state index in [0.717, 1.165) is 0 Å². The number of benzene rings is 1. The van der Waals surface area contributed by atoms with Crippen molar-refractivity contribution in [1.29, 1.82) is 0 Å². The van der Waals surface area contributed by atoms with Crippen LogP contribution in [0, 0.1) is 5.92 Å². The van der Waals surface area contributed by atoms with E-state index in [1.165, 1.54) is 4.90 Å². The highest BCUT2D eigenvalue weighted by atomic mass is 16.2. The summed E-state index contributed by atoms with van der Waals surface area (Å²) in [5.74, 6) is 0.489. The predicted molar refractivity (Wildman–Crippen MR) is 86.0 cm³/mol. The van der Waals surface area contributed by atoms with Crippen molar-refractivity contribution in [2.75, 3.05) is 6.54 Å². The van der Waals surface area contributed by atoms with E-state index in [4.69, 9.17) is 0 Å². The van der Waals surface area contributed by atoms with Crippen LogP contribution in [0.1, 0.15) is 33.5 Å². The first-order valence-electron chi connectivity index (χ1n) is 7.72. The van der Waals surface area contributed by atoms with E-state index in [1.54, 1.807) is 47.7 Å². The Balaban J connectivity index is 1.61. The number of hydrazone groups is 1. The van der Waals surface area contributed by atoms with Gasteiger partial charge in [-0.25, -0.2) is 14.9 Å². The number of nitrogens with zero attached hydrogens (tertiary/aromatic N) is 5. The Kier molecular flexibility index (Phi) is 3.34. The van der Waals surface area contributed by atoms with Gasteiger partial charge in [0.1, 0.15) is 11.7 Å². The molecule has 0 N–H and O–H groups in total. The van der Waals surface area contributed by atoms with Crippen LogP contribution in [0.3, 0.4) is 0 Å². The van der Waals surface area contributed by atoms with Gasteiger partial charge in [-0.1, -0.05) is 19.1 Å². The molecule has 1 aromatic carbocycles. The lowest BCUT2D eigenvalue weighted by molar-refractivity contribution is 0.0744. The molecule has 0 spiro atoms. The Hall–Kier alpha value is -3.09. The minimum Gasteiger partial charge on any atom is -0.287 e. The van der Waals surface area contributed by atoms with Gasteiger partial charge in [-0.15, -0.1) is 0 Å². The number of imide groups is 1. The minimum absolute atomic E-state index is 0.0316. The van der Waals surface area contributed by atoms with Gasteiger partial charge in [0.25, 0.3) is 11.8 Å². The first kappa shape index (κ1) is 14.5. The lowest BCUT2D eigenvalue weighted by atomic mass is 10.1. The molecule has 24 heavy (non-hydrogen) atoms. The van der Waals surface area contributed by atoms with Crippen LogP contribution in [0.2, 0.25) is 0 Å². The van der Waals surface area contributed by atoms with Crippen LogP contribution in [0.5, 0.6) is 0 Å². The van der Waals surface area contributed by atoms with Crippen LogP contribution in [0.25, 0.3) is 0 Å². The van der Waals surface area contributed by atoms with Crippen LogP contribution in [0.4, 0.5) is 0 Å². The van der Waals surface area contributed by atoms with E-state index in [0.29, 0.717) is 35.9 Å². The molecule has 0 radical (unpaired) electrons. The zero-order valence-corrected chi connectivity index (χ0v) is 13.1. The number of amidine groups is 1. The first-order chi connectivity index (χ1) is 11.6. The average Bonchev–Trinajstić information content (AvgIpc) is 3.07. The second-order valence-electron chi connectivity index (χ2n) is 5.86. The summed E-state index contributed by atoms with van der Waals surface area (Å²) in [5.41, 5.74) is 0.865. The zero-order chi connectivity index (χ0) is 16.7. The maximum atomic E-state index is 12.6. The number of hydrogen-bond acceptors (Lipinski definition) is 6. The van der Waals surface area contributed by atoms with Crippen LogP contribution >= 0.6 is 0 Å². The predicted octanol–water partition coefficient (Wildman–Crippen LogP) is 1.54. The number of fused-ring (bicyclic) bond motifs is 1. The minimum atomic E-state index is -0.306. The fourth-order valence-electron chi connectivity index (χ4n) is 3.02. The molecule has 7 nitrogen and oxygen atoms in total. The second-order valence-corrected chi connectivity index (χ2v) is 5.86. The van der Waals surface area contributed by atoms with Crippen LogP contribution < -0.4 is 0 Å². The Labute approximate surface area is 138 Å². The van der Waals surface area contributed by atoms with E-state index < -0.39 is 0 Å². The fraction of sp³-hybridized carbons (Fsp3) is 0.235. The number of carbonyl (C=O) groups excluding carboxylic acids is 2. The van der Waals surface area contributed by atoms with Crippen LogP contribution in [0.15, 0.2) is 47.8 Å². The third kappa shape index (κ3) is 2.25. The first-order valence-corrected chi connectivity index (χ1v) is 7.72. The molecule has 0 saturated carbocycles. The van der Waals surface area contributed by atoms with Gasteiger partial charge in [-0.3, -0.25) is 14.6 Å². The maximum Gasteiger partial charge on any atom is 0.267 e. The molecule has 1 unspecified atom stereocenters. The summed E-state index contributed by atoms with van der Waals surface area (Å²) in [5, 5.41) is 6.28. The van der Waals surface area contributed by atoms with Crippen molar-refractivity contribution in [3.8, 4) is 0 Å². The third-order valence-corrected chi connectivity index (χ3v) is 4.14. The molecule has 120 valence electrons. The molecule has 1 aromatic heterocycles. The molecule has 2 aliphatic heterocycles. The molecule has 0 fully saturated rings.